The number of guanidine groups is 1. The molecule has 1 aromatic rings. The van der Waals surface area contributed by atoms with Crippen LogP contribution in [0.3, 0.4) is 0 Å². The van der Waals surface area contributed by atoms with Gasteiger partial charge in [-0.15, -0.1) is 24.0 Å². The SMILES string of the molecule is CCNC(=NCc1ccc(C#N)cc1F)NCC(CC(C)C)N1CCOCC1.I. The molecule has 1 aliphatic rings. The summed E-state index contributed by atoms with van der Waals surface area (Å²) in [6, 6.07) is 6.84. The largest absolute Gasteiger partial charge is 0.379 e. The highest BCUT2D eigenvalue weighted by molar-refractivity contribution is 14.0. The smallest absolute Gasteiger partial charge is 0.191 e. The van der Waals surface area contributed by atoms with Crippen LogP contribution in [0.15, 0.2) is 23.2 Å². The number of hydrogen-bond donors (Lipinski definition) is 2. The molecule has 0 radical (unpaired) electrons. The van der Waals surface area contributed by atoms with E-state index in [2.05, 4.69) is 34.4 Å². The van der Waals surface area contributed by atoms with Gasteiger partial charge in [-0.2, -0.15) is 5.26 Å². The molecule has 1 heterocycles. The molecule has 2 rings (SSSR count). The molecule has 1 fully saturated rings. The van der Waals surface area contributed by atoms with Crippen molar-refractivity contribution in [1.29, 1.82) is 5.26 Å². The number of hydrogen-bond acceptors (Lipinski definition) is 4. The van der Waals surface area contributed by atoms with Crippen molar-refractivity contribution in [2.24, 2.45) is 10.9 Å². The zero-order valence-corrected chi connectivity index (χ0v) is 19.9. The van der Waals surface area contributed by atoms with Gasteiger partial charge in [-0.3, -0.25) is 4.90 Å². The minimum absolute atomic E-state index is 0. The topological polar surface area (TPSA) is 72.7 Å². The molecule has 1 aromatic carbocycles. The van der Waals surface area contributed by atoms with Gasteiger partial charge in [0.1, 0.15) is 5.82 Å². The molecule has 0 aromatic heterocycles. The first-order chi connectivity index (χ1) is 13.5. The fourth-order valence-electron chi connectivity index (χ4n) is 3.31. The molecule has 1 saturated heterocycles. The second-order valence-corrected chi connectivity index (χ2v) is 7.43. The van der Waals surface area contributed by atoms with Gasteiger partial charge in [0.05, 0.1) is 31.4 Å². The van der Waals surface area contributed by atoms with E-state index in [1.54, 1.807) is 12.1 Å². The van der Waals surface area contributed by atoms with Crippen LogP contribution in [-0.2, 0) is 11.3 Å². The Morgan fingerprint density at radius 1 is 1.31 bits per heavy atom. The second kappa shape index (κ2) is 13.7. The molecule has 162 valence electrons. The lowest BCUT2D eigenvalue weighted by Crippen LogP contribution is -2.51. The third-order valence-electron chi connectivity index (χ3n) is 4.74. The lowest BCUT2D eigenvalue weighted by molar-refractivity contribution is 0.0132. The number of nitrogens with one attached hydrogen (secondary N) is 2. The Hall–Kier alpha value is -1.44. The van der Waals surface area contributed by atoms with Gasteiger partial charge >= 0.3 is 0 Å². The van der Waals surface area contributed by atoms with E-state index in [1.807, 2.05) is 13.0 Å². The Kier molecular flexibility index (Phi) is 12.1. The quantitative estimate of drug-likeness (QED) is 0.315. The molecular weight excluding hydrogens is 484 g/mol. The van der Waals surface area contributed by atoms with Crippen molar-refractivity contribution in [1.82, 2.24) is 15.5 Å². The van der Waals surface area contributed by atoms with E-state index in [0.29, 0.717) is 29.0 Å². The monoisotopic (exact) mass is 517 g/mol. The first-order valence-corrected chi connectivity index (χ1v) is 10.1. The number of morpholine rings is 1. The molecule has 0 bridgehead atoms. The number of nitriles is 1. The number of aliphatic imine (C=N–C) groups is 1. The lowest BCUT2D eigenvalue weighted by Gasteiger charge is -2.35. The van der Waals surface area contributed by atoms with Gasteiger partial charge in [-0.1, -0.05) is 19.9 Å². The fourth-order valence-corrected chi connectivity index (χ4v) is 3.31. The van der Waals surface area contributed by atoms with Gasteiger partial charge in [-0.25, -0.2) is 9.38 Å². The molecule has 6 nitrogen and oxygen atoms in total. The van der Waals surface area contributed by atoms with Crippen molar-refractivity contribution in [3.8, 4) is 6.07 Å². The number of nitrogens with zero attached hydrogens (tertiary/aromatic N) is 3. The van der Waals surface area contributed by atoms with Gasteiger partial charge in [0.25, 0.3) is 0 Å². The molecule has 0 spiro atoms. The summed E-state index contributed by atoms with van der Waals surface area (Å²) in [6.07, 6.45) is 1.09. The summed E-state index contributed by atoms with van der Waals surface area (Å²) in [5.41, 5.74) is 0.792. The zero-order valence-electron chi connectivity index (χ0n) is 17.6. The molecule has 0 aliphatic carbocycles. The fraction of sp³-hybridized carbons (Fsp3) is 0.619. The van der Waals surface area contributed by atoms with Crippen LogP contribution in [0.2, 0.25) is 0 Å². The summed E-state index contributed by atoms with van der Waals surface area (Å²) in [7, 11) is 0. The van der Waals surface area contributed by atoms with Crippen LogP contribution in [0, 0.1) is 23.1 Å². The van der Waals surface area contributed by atoms with Gasteiger partial charge < -0.3 is 15.4 Å². The van der Waals surface area contributed by atoms with E-state index in [0.717, 1.165) is 45.8 Å². The second-order valence-electron chi connectivity index (χ2n) is 7.43. The first kappa shape index (κ1) is 25.6. The van der Waals surface area contributed by atoms with Crippen molar-refractivity contribution in [3.05, 3.63) is 35.1 Å². The van der Waals surface area contributed by atoms with Crippen molar-refractivity contribution < 1.29 is 9.13 Å². The van der Waals surface area contributed by atoms with Crippen LogP contribution < -0.4 is 10.6 Å². The van der Waals surface area contributed by atoms with Crippen molar-refractivity contribution in [2.75, 3.05) is 39.4 Å². The molecule has 1 unspecified atom stereocenters. The Balaban J connectivity index is 0.00000420. The van der Waals surface area contributed by atoms with Crippen LogP contribution in [-0.4, -0.2) is 56.3 Å². The maximum atomic E-state index is 14.1. The Morgan fingerprint density at radius 3 is 2.62 bits per heavy atom. The summed E-state index contributed by atoms with van der Waals surface area (Å²) < 4.78 is 19.6. The van der Waals surface area contributed by atoms with E-state index in [-0.39, 0.29) is 30.5 Å². The van der Waals surface area contributed by atoms with E-state index >= 15 is 0 Å². The standard InChI is InChI=1S/C21H32FN5O.HI/c1-4-24-21(25-14-18-6-5-17(13-23)12-20(18)22)26-15-19(11-16(2)3)27-7-9-28-10-8-27;/h5-6,12,16,19H,4,7-11,14-15H2,1-3H3,(H2,24,25,26);1H. The molecule has 1 aliphatic heterocycles. The van der Waals surface area contributed by atoms with Crippen LogP contribution in [0.4, 0.5) is 4.39 Å². The molecular formula is C21H33FIN5O. The Morgan fingerprint density at radius 2 is 2.03 bits per heavy atom. The lowest BCUT2D eigenvalue weighted by atomic mass is 10.0. The third kappa shape index (κ3) is 8.84. The highest BCUT2D eigenvalue weighted by Gasteiger charge is 2.22. The number of ether oxygens (including phenoxy) is 1. The molecule has 29 heavy (non-hydrogen) atoms. The Labute approximate surface area is 190 Å². The highest BCUT2D eigenvalue weighted by atomic mass is 127. The van der Waals surface area contributed by atoms with Crippen LogP contribution in [0.1, 0.15) is 38.3 Å². The summed E-state index contributed by atoms with van der Waals surface area (Å²) in [5, 5.41) is 15.5. The van der Waals surface area contributed by atoms with E-state index in [4.69, 9.17) is 10.00 Å². The van der Waals surface area contributed by atoms with Crippen molar-refractivity contribution in [2.45, 2.75) is 39.8 Å². The predicted octanol–water partition coefficient (Wildman–Crippen LogP) is 3.12. The third-order valence-corrected chi connectivity index (χ3v) is 4.74. The maximum Gasteiger partial charge on any atom is 0.191 e. The highest BCUT2D eigenvalue weighted by Crippen LogP contribution is 2.13. The molecule has 1 atom stereocenters. The Bertz CT molecular complexity index is 686. The average molecular weight is 517 g/mol. The molecule has 0 amide bonds. The normalized spacial score (nSPS) is 16.1. The van der Waals surface area contributed by atoms with Gasteiger partial charge in [-0.05, 0) is 31.4 Å². The van der Waals surface area contributed by atoms with Crippen LogP contribution in [0.25, 0.3) is 0 Å². The van der Waals surface area contributed by atoms with Crippen LogP contribution >= 0.6 is 24.0 Å². The van der Waals surface area contributed by atoms with Gasteiger partial charge in [0, 0.05) is 37.8 Å². The average Bonchev–Trinajstić information content (AvgIpc) is 2.70. The summed E-state index contributed by atoms with van der Waals surface area (Å²) in [4.78, 5) is 7.00. The molecule has 8 heteroatoms. The summed E-state index contributed by atoms with van der Waals surface area (Å²) in [5.74, 6) is 0.875. The van der Waals surface area contributed by atoms with Crippen molar-refractivity contribution >= 4 is 29.9 Å². The molecule has 0 saturated carbocycles. The van der Waals surface area contributed by atoms with Crippen molar-refractivity contribution in [3.63, 3.8) is 0 Å². The summed E-state index contributed by atoms with van der Waals surface area (Å²) >= 11 is 0. The van der Waals surface area contributed by atoms with Crippen LogP contribution in [0.5, 0.6) is 0 Å². The zero-order chi connectivity index (χ0) is 20.4. The number of rotatable bonds is 8. The maximum absolute atomic E-state index is 14.1. The minimum atomic E-state index is -0.398. The van der Waals surface area contributed by atoms with Gasteiger partial charge in [0.2, 0.25) is 0 Å². The van der Waals surface area contributed by atoms with E-state index in [9.17, 15) is 4.39 Å². The predicted molar refractivity (Wildman–Crippen MR) is 125 cm³/mol. The van der Waals surface area contributed by atoms with Gasteiger partial charge in [0.15, 0.2) is 5.96 Å². The minimum Gasteiger partial charge on any atom is -0.379 e. The molecule has 2 N–H and O–H groups in total. The van der Waals surface area contributed by atoms with E-state index in [1.165, 1.54) is 6.07 Å². The van der Waals surface area contributed by atoms with E-state index < -0.39 is 5.82 Å². The number of halogens is 2. The summed E-state index contributed by atoms with van der Waals surface area (Å²) in [6.45, 7) is 11.7. The first-order valence-electron chi connectivity index (χ1n) is 10.1. The number of benzene rings is 1.